The Morgan fingerprint density at radius 1 is 1.18 bits per heavy atom. The van der Waals surface area contributed by atoms with E-state index < -0.39 is 5.97 Å². The number of hydrogen-bond acceptors (Lipinski definition) is 2. The third-order valence-corrected chi connectivity index (χ3v) is 3.58. The highest BCUT2D eigenvalue weighted by molar-refractivity contribution is 5.99. The van der Waals surface area contributed by atoms with Crippen molar-refractivity contribution in [3.05, 3.63) is 36.0 Å². The van der Waals surface area contributed by atoms with Gasteiger partial charge in [-0.3, -0.25) is 9.59 Å². The molecule has 0 saturated heterocycles. The largest absolute Gasteiger partial charge is 0.480 e. The number of carbonyl (C=O) groups excluding carboxylic acids is 1. The number of benzene rings is 1. The van der Waals surface area contributed by atoms with Crippen molar-refractivity contribution in [3.8, 4) is 0 Å². The van der Waals surface area contributed by atoms with Crippen LogP contribution in [0.15, 0.2) is 30.3 Å². The second kappa shape index (κ2) is 7.11. The summed E-state index contributed by atoms with van der Waals surface area (Å²) in [4.78, 5) is 25.2. The molecule has 0 unspecified atom stereocenters. The van der Waals surface area contributed by atoms with Crippen molar-refractivity contribution in [2.45, 2.75) is 33.2 Å². The second-order valence-electron chi connectivity index (χ2n) is 5.36. The summed E-state index contributed by atoms with van der Waals surface area (Å²) in [6, 6.07) is 9.71. The SMILES string of the molecule is CCCN(CC(=O)O)C(=O)c1cc2ccccc2n1CCC. The molecule has 0 fully saturated rings. The molecule has 5 heteroatoms. The fourth-order valence-corrected chi connectivity index (χ4v) is 2.70. The van der Waals surface area contributed by atoms with Crippen LogP contribution in [0.4, 0.5) is 0 Å². The molecule has 1 heterocycles. The monoisotopic (exact) mass is 302 g/mol. The average molecular weight is 302 g/mol. The number of carboxylic acids is 1. The van der Waals surface area contributed by atoms with E-state index in [1.165, 1.54) is 4.90 Å². The molecule has 1 N–H and O–H groups in total. The molecule has 0 bridgehead atoms. The van der Waals surface area contributed by atoms with Crippen molar-refractivity contribution in [3.63, 3.8) is 0 Å². The lowest BCUT2D eigenvalue weighted by molar-refractivity contribution is -0.137. The number of hydrogen-bond donors (Lipinski definition) is 1. The maximum absolute atomic E-state index is 12.8. The molecular weight excluding hydrogens is 280 g/mol. The molecule has 0 aliphatic rings. The number of aliphatic carboxylic acids is 1. The Kier molecular flexibility index (Phi) is 5.20. The Bertz CT molecular complexity index is 676. The van der Waals surface area contributed by atoms with Gasteiger partial charge in [0.1, 0.15) is 12.2 Å². The normalized spacial score (nSPS) is 10.8. The Hall–Kier alpha value is -2.30. The van der Waals surface area contributed by atoms with E-state index in [9.17, 15) is 9.59 Å². The number of rotatable bonds is 7. The van der Waals surface area contributed by atoms with E-state index >= 15 is 0 Å². The van der Waals surface area contributed by atoms with Crippen LogP contribution in [0.3, 0.4) is 0 Å². The van der Waals surface area contributed by atoms with Gasteiger partial charge < -0.3 is 14.6 Å². The van der Waals surface area contributed by atoms with Gasteiger partial charge in [0.05, 0.1) is 0 Å². The van der Waals surface area contributed by atoms with Crippen molar-refractivity contribution < 1.29 is 14.7 Å². The number of aromatic nitrogens is 1. The molecule has 118 valence electrons. The standard InChI is InChI=1S/C17H22N2O3/c1-3-9-18(12-16(20)21)17(22)15-11-13-7-5-6-8-14(13)19(15)10-4-2/h5-8,11H,3-4,9-10,12H2,1-2H3,(H,20,21). The van der Waals surface area contributed by atoms with Gasteiger partial charge in [0, 0.05) is 24.0 Å². The van der Waals surface area contributed by atoms with Crippen LogP contribution in [0.1, 0.15) is 37.2 Å². The molecule has 2 aromatic rings. The van der Waals surface area contributed by atoms with Gasteiger partial charge in [-0.15, -0.1) is 0 Å². The van der Waals surface area contributed by atoms with Gasteiger partial charge in [-0.2, -0.15) is 0 Å². The van der Waals surface area contributed by atoms with Gasteiger partial charge in [-0.1, -0.05) is 32.0 Å². The minimum Gasteiger partial charge on any atom is -0.480 e. The summed E-state index contributed by atoms with van der Waals surface area (Å²) in [7, 11) is 0. The highest BCUT2D eigenvalue weighted by Gasteiger charge is 2.22. The van der Waals surface area contributed by atoms with Gasteiger partial charge in [0.15, 0.2) is 0 Å². The third kappa shape index (κ3) is 3.30. The summed E-state index contributed by atoms with van der Waals surface area (Å²) in [6.07, 6.45) is 1.64. The third-order valence-electron chi connectivity index (χ3n) is 3.58. The Balaban J connectivity index is 2.44. The van der Waals surface area contributed by atoms with E-state index in [-0.39, 0.29) is 12.5 Å². The van der Waals surface area contributed by atoms with Gasteiger partial charge in [-0.05, 0) is 25.0 Å². The van der Waals surface area contributed by atoms with Crippen LogP contribution in [-0.4, -0.2) is 39.5 Å². The lowest BCUT2D eigenvalue weighted by atomic mass is 10.2. The van der Waals surface area contributed by atoms with Crippen LogP contribution >= 0.6 is 0 Å². The van der Waals surface area contributed by atoms with Gasteiger partial charge in [0.25, 0.3) is 5.91 Å². The van der Waals surface area contributed by atoms with Crippen molar-refractivity contribution in [2.24, 2.45) is 0 Å². The van der Waals surface area contributed by atoms with E-state index in [1.807, 2.05) is 41.8 Å². The number of para-hydroxylation sites is 1. The first-order valence-corrected chi connectivity index (χ1v) is 7.67. The predicted octanol–water partition coefficient (Wildman–Crippen LogP) is 2.99. The quantitative estimate of drug-likeness (QED) is 0.855. The van der Waals surface area contributed by atoms with Crippen LogP contribution in [0.5, 0.6) is 0 Å². The first-order chi connectivity index (χ1) is 10.6. The number of aryl methyl sites for hydroxylation is 1. The lowest BCUT2D eigenvalue weighted by Crippen LogP contribution is -2.37. The summed E-state index contributed by atoms with van der Waals surface area (Å²) < 4.78 is 1.99. The molecule has 0 saturated carbocycles. The number of carbonyl (C=O) groups is 2. The van der Waals surface area contributed by atoms with E-state index in [4.69, 9.17) is 5.11 Å². The van der Waals surface area contributed by atoms with E-state index in [0.29, 0.717) is 12.2 Å². The molecule has 0 spiro atoms. The van der Waals surface area contributed by atoms with Crippen LogP contribution in [-0.2, 0) is 11.3 Å². The highest BCUT2D eigenvalue weighted by Crippen LogP contribution is 2.21. The number of carboxylic acid groups (broad SMARTS) is 1. The van der Waals surface area contributed by atoms with Gasteiger partial charge in [0.2, 0.25) is 0 Å². The van der Waals surface area contributed by atoms with Crippen LogP contribution in [0.25, 0.3) is 10.9 Å². The minimum atomic E-state index is -0.986. The molecule has 1 aromatic carbocycles. The molecule has 0 radical (unpaired) electrons. The summed E-state index contributed by atoms with van der Waals surface area (Å²) in [5.41, 5.74) is 1.58. The zero-order valence-electron chi connectivity index (χ0n) is 13.1. The van der Waals surface area contributed by atoms with E-state index in [0.717, 1.165) is 30.3 Å². The number of amides is 1. The molecule has 0 aliphatic heterocycles. The Morgan fingerprint density at radius 2 is 1.91 bits per heavy atom. The summed E-state index contributed by atoms with van der Waals surface area (Å²) in [5, 5.41) is 10.0. The second-order valence-corrected chi connectivity index (χ2v) is 5.36. The van der Waals surface area contributed by atoms with Crippen LogP contribution in [0, 0.1) is 0 Å². The Morgan fingerprint density at radius 3 is 2.55 bits per heavy atom. The van der Waals surface area contributed by atoms with Gasteiger partial charge in [-0.25, -0.2) is 0 Å². The van der Waals surface area contributed by atoms with Crippen molar-refractivity contribution >= 4 is 22.8 Å². The lowest BCUT2D eigenvalue weighted by Gasteiger charge is -2.21. The molecule has 5 nitrogen and oxygen atoms in total. The molecule has 1 amide bonds. The number of fused-ring (bicyclic) bond motifs is 1. The molecule has 1 aromatic heterocycles. The van der Waals surface area contributed by atoms with E-state index in [2.05, 4.69) is 6.92 Å². The first-order valence-electron chi connectivity index (χ1n) is 7.67. The maximum atomic E-state index is 12.8. The molecule has 2 rings (SSSR count). The number of nitrogens with zero attached hydrogens (tertiary/aromatic N) is 2. The van der Waals surface area contributed by atoms with Crippen molar-refractivity contribution in [2.75, 3.05) is 13.1 Å². The zero-order valence-corrected chi connectivity index (χ0v) is 13.1. The van der Waals surface area contributed by atoms with Crippen LogP contribution < -0.4 is 0 Å². The highest BCUT2D eigenvalue weighted by atomic mass is 16.4. The zero-order chi connectivity index (χ0) is 16.1. The minimum absolute atomic E-state index is 0.214. The van der Waals surface area contributed by atoms with Crippen LogP contribution in [0.2, 0.25) is 0 Å². The molecule has 0 aliphatic carbocycles. The topological polar surface area (TPSA) is 62.5 Å². The summed E-state index contributed by atoms with van der Waals surface area (Å²) >= 11 is 0. The van der Waals surface area contributed by atoms with E-state index in [1.54, 1.807) is 0 Å². The fraction of sp³-hybridized carbons (Fsp3) is 0.412. The maximum Gasteiger partial charge on any atom is 0.323 e. The molecular formula is C17H22N2O3. The predicted molar refractivity (Wildman–Crippen MR) is 86.1 cm³/mol. The first kappa shape index (κ1) is 16.1. The molecule has 0 atom stereocenters. The fourth-order valence-electron chi connectivity index (χ4n) is 2.70. The Labute approximate surface area is 130 Å². The van der Waals surface area contributed by atoms with Gasteiger partial charge >= 0.3 is 5.97 Å². The average Bonchev–Trinajstić information content (AvgIpc) is 2.85. The summed E-state index contributed by atoms with van der Waals surface area (Å²) in [5.74, 6) is -1.20. The van der Waals surface area contributed by atoms with Crippen molar-refractivity contribution in [1.29, 1.82) is 0 Å². The smallest absolute Gasteiger partial charge is 0.323 e. The van der Waals surface area contributed by atoms with Crippen molar-refractivity contribution in [1.82, 2.24) is 9.47 Å². The molecule has 22 heavy (non-hydrogen) atoms. The summed E-state index contributed by atoms with van der Waals surface area (Å²) in [6.45, 7) is 4.91.